The van der Waals surface area contributed by atoms with Crippen LogP contribution in [0.2, 0.25) is 0 Å². The third-order valence-electron chi connectivity index (χ3n) is 6.52. The second-order valence-corrected chi connectivity index (χ2v) is 10.5. The van der Waals surface area contributed by atoms with Gasteiger partial charge in [0.05, 0.1) is 17.9 Å². The van der Waals surface area contributed by atoms with Crippen molar-refractivity contribution < 1.29 is 13.2 Å². The number of amides is 1. The maximum absolute atomic E-state index is 13.2. The van der Waals surface area contributed by atoms with Crippen LogP contribution in [0.1, 0.15) is 37.1 Å². The van der Waals surface area contributed by atoms with Crippen molar-refractivity contribution in [3.05, 3.63) is 41.7 Å². The molecule has 2 aromatic rings. The Bertz CT molecular complexity index is 1040. The molecule has 0 unspecified atom stereocenters. The number of benzene rings is 1. The molecule has 3 heterocycles. The predicted octanol–water partition coefficient (Wildman–Crippen LogP) is 2.41. The first-order valence-electron chi connectivity index (χ1n) is 11.5. The molecular weight excluding hydrogens is 426 g/mol. The van der Waals surface area contributed by atoms with Crippen LogP contribution in [0.15, 0.2) is 35.2 Å². The van der Waals surface area contributed by atoms with Crippen LogP contribution in [-0.2, 0) is 21.4 Å². The van der Waals surface area contributed by atoms with E-state index in [4.69, 9.17) is 0 Å². The van der Waals surface area contributed by atoms with E-state index >= 15 is 0 Å². The molecule has 2 saturated heterocycles. The smallest absolute Gasteiger partial charge is 0.246 e. The van der Waals surface area contributed by atoms with Crippen LogP contribution in [0.3, 0.4) is 0 Å². The van der Waals surface area contributed by atoms with Crippen LogP contribution in [0.5, 0.6) is 0 Å². The summed E-state index contributed by atoms with van der Waals surface area (Å²) in [6, 6.07) is 10.2. The van der Waals surface area contributed by atoms with Crippen LogP contribution < -0.4 is 4.90 Å². The molecule has 0 bridgehead atoms. The van der Waals surface area contributed by atoms with Crippen molar-refractivity contribution in [2.24, 2.45) is 0 Å². The highest BCUT2D eigenvalue weighted by atomic mass is 32.2. The molecule has 1 amide bonds. The second kappa shape index (κ2) is 9.62. The van der Waals surface area contributed by atoms with Gasteiger partial charge in [-0.25, -0.2) is 8.42 Å². The number of hydrogen-bond acceptors (Lipinski definition) is 5. The van der Waals surface area contributed by atoms with Crippen molar-refractivity contribution in [2.75, 3.05) is 44.2 Å². The minimum absolute atomic E-state index is 0.0886. The molecule has 174 valence electrons. The van der Waals surface area contributed by atoms with E-state index in [1.165, 1.54) is 5.69 Å². The van der Waals surface area contributed by atoms with E-state index in [-0.39, 0.29) is 5.91 Å². The molecule has 9 heteroatoms. The Hall–Kier alpha value is -2.39. The first-order chi connectivity index (χ1) is 15.4. The third kappa shape index (κ3) is 4.68. The van der Waals surface area contributed by atoms with Crippen molar-refractivity contribution >= 4 is 21.6 Å². The lowest BCUT2D eigenvalue weighted by atomic mass is 10.2. The maximum Gasteiger partial charge on any atom is 0.246 e. The zero-order chi connectivity index (χ0) is 22.7. The van der Waals surface area contributed by atoms with Gasteiger partial charge in [0.1, 0.15) is 4.90 Å². The average molecular weight is 460 g/mol. The number of nitrogens with zero attached hydrogens (tertiary/aromatic N) is 5. The Balaban J connectivity index is 1.36. The van der Waals surface area contributed by atoms with Gasteiger partial charge >= 0.3 is 0 Å². The topological polar surface area (TPSA) is 78.8 Å². The van der Waals surface area contributed by atoms with Crippen LogP contribution >= 0.6 is 0 Å². The number of hydrogen-bond donors (Lipinski definition) is 0. The van der Waals surface area contributed by atoms with Crippen LogP contribution in [-0.4, -0.2) is 72.6 Å². The molecule has 8 nitrogen and oxygen atoms in total. The van der Waals surface area contributed by atoms with Crippen molar-refractivity contribution in [3.63, 3.8) is 0 Å². The number of piperazine rings is 1. The summed E-state index contributed by atoms with van der Waals surface area (Å²) in [7, 11) is -3.54. The molecular formula is C23H33N5O3S. The monoisotopic (exact) mass is 459 g/mol. The van der Waals surface area contributed by atoms with Crippen molar-refractivity contribution in [2.45, 2.75) is 51.0 Å². The van der Waals surface area contributed by atoms with Gasteiger partial charge in [-0.05, 0) is 38.8 Å². The van der Waals surface area contributed by atoms with Gasteiger partial charge in [0.15, 0.2) is 0 Å². The molecule has 2 fully saturated rings. The maximum atomic E-state index is 13.2. The van der Waals surface area contributed by atoms with E-state index in [9.17, 15) is 13.2 Å². The molecule has 0 atom stereocenters. The predicted molar refractivity (Wildman–Crippen MR) is 124 cm³/mol. The Kier molecular flexibility index (Phi) is 6.85. The fraction of sp³-hybridized carbons (Fsp3) is 0.565. The molecule has 1 aromatic carbocycles. The van der Waals surface area contributed by atoms with E-state index in [2.05, 4.69) is 22.1 Å². The van der Waals surface area contributed by atoms with Gasteiger partial charge in [0, 0.05) is 51.4 Å². The molecule has 0 spiro atoms. The second-order valence-electron chi connectivity index (χ2n) is 8.64. The number of aryl methyl sites for hydroxylation is 2. The van der Waals surface area contributed by atoms with Crippen molar-refractivity contribution in [1.29, 1.82) is 0 Å². The van der Waals surface area contributed by atoms with E-state index in [0.717, 1.165) is 32.4 Å². The largest absolute Gasteiger partial charge is 0.368 e. The summed E-state index contributed by atoms with van der Waals surface area (Å²) >= 11 is 0. The number of para-hydroxylation sites is 1. The standard InChI is InChI=1S/C23H33N5O3S/c1-19-23(32(30,31)27-12-7-4-8-13-27)20(2)28(24-19)14-11-22(29)26-17-15-25(16-18-26)21-9-5-3-6-10-21/h3,5-6,9-10H,4,7-8,11-18H2,1-2H3. The van der Waals surface area contributed by atoms with Crippen LogP contribution in [0.25, 0.3) is 0 Å². The molecule has 2 aliphatic rings. The summed E-state index contributed by atoms with van der Waals surface area (Å²) in [6.45, 7) is 8.07. The number of rotatable bonds is 6. The summed E-state index contributed by atoms with van der Waals surface area (Å²) in [6.07, 6.45) is 3.19. The quantitative estimate of drug-likeness (QED) is 0.663. The van der Waals surface area contributed by atoms with E-state index in [0.29, 0.717) is 55.4 Å². The molecule has 4 rings (SSSR count). The fourth-order valence-corrected chi connectivity index (χ4v) is 6.61. The number of carbonyl (C=O) groups excluding carboxylic acids is 1. The SMILES string of the molecule is Cc1nn(CCC(=O)N2CCN(c3ccccc3)CC2)c(C)c1S(=O)(=O)N1CCCCC1. The summed E-state index contributed by atoms with van der Waals surface area (Å²) in [4.78, 5) is 17.3. The Morgan fingerprint density at radius 3 is 2.25 bits per heavy atom. The van der Waals surface area contributed by atoms with E-state index < -0.39 is 10.0 Å². The number of carbonyl (C=O) groups is 1. The lowest BCUT2D eigenvalue weighted by Crippen LogP contribution is -2.49. The van der Waals surface area contributed by atoms with Crippen molar-refractivity contribution in [3.8, 4) is 0 Å². The number of anilines is 1. The fourth-order valence-electron chi connectivity index (χ4n) is 4.72. The van der Waals surface area contributed by atoms with Crippen LogP contribution in [0, 0.1) is 13.8 Å². The van der Waals surface area contributed by atoms with Gasteiger partial charge in [0.2, 0.25) is 15.9 Å². The lowest BCUT2D eigenvalue weighted by Gasteiger charge is -2.36. The summed E-state index contributed by atoms with van der Waals surface area (Å²) < 4.78 is 29.6. The number of aromatic nitrogens is 2. The Labute approximate surface area is 190 Å². The molecule has 0 saturated carbocycles. The molecule has 32 heavy (non-hydrogen) atoms. The highest BCUT2D eigenvalue weighted by Gasteiger charge is 2.32. The van der Waals surface area contributed by atoms with Gasteiger partial charge < -0.3 is 9.80 Å². The Morgan fingerprint density at radius 1 is 0.938 bits per heavy atom. The summed E-state index contributed by atoms with van der Waals surface area (Å²) in [5, 5.41) is 4.47. The van der Waals surface area contributed by atoms with Gasteiger partial charge in [-0.3, -0.25) is 9.48 Å². The van der Waals surface area contributed by atoms with Gasteiger partial charge in [-0.1, -0.05) is 24.6 Å². The van der Waals surface area contributed by atoms with Crippen molar-refractivity contribution in [1.82, 2.24) is 19.0 Å². The van der Waals surface area contributed by atoms with E-state index in [1.54, 1.807) is 22.8 Å². The average Bonchev–Trinajstić information content (AvgIpc) is 3.12. The summed E-state index contributed by atoms with van der Waals surface area (Å²) in [5.74, 6) is 0.0886. The number of piperidine rings is 1. The molecule has 0 radical (unpaired) electrons. The zero-order valence-corrected chi connectivity index (χ0v) is 19.9. The number of sulfonamides is 1. The zero-order valence-electron chi connectivity index (χ0n) is 19.0. The molecule has 2 aliphatic heterocycles. The first kappa shape index (κ1) is 22.8. The minimum Gasteiger partial charge on any atom is -0.368 e. The van der Waals surface area contributed by atoms with Gasteiger partial charge in [0.25, 0.3) is 0 Å². The van der Waals surface area contributed by atoms with Gasteiger partial charge in [-0.2, -0.15) is 9.40 Å². The molecule has 1 aromatic heterocycles. The molecule has 0 N–H and O–H groups in total. The highest BCUT2D eigenvalue weighted by Crippen LogP contribution is 2.26. The van der Waals surface area contributed by atoms with E-state index in [1.807, 2.05) is 23.1 Å². The summed E-state index contributed by atoms with van der Waals surface area (Å²) in [5.41, 5.74) is 2.32. The molecule has 0 aliphatic carbocycles. The third-order valence-corrected chi connectivity index (χ3v) is 8.67. The Morgan fingerprint density at radius 2 is 1.59 bits per heavy atom. The first-order valence-corrected chi connectivity index (χ1v) is 12.9. The highest BCUT2D eigenvalue weighted by molar-refractivity contribution is 7.89. The van der Waals surface area contributed by atoms with Crippen LogP contribution in [0.4, 0.5) is 5.69 Å². The van der Waals surface area contributed by atoms with Gasteiger partial charge in [-0.15, -0.1) is 0 Å². The minimum atomic E-state index is -3.54. The normalized spacial score (nSPS) is 18.2. The lowest BCUT2D eigenvalue weighted by molar-refractivity contribution is -0.131.